The Morgan fingerprint density at radius 3 is 2.89 bits per heavy atom. The lowest BCUT2D eigenvalue weighted by Crippen LogP contribution is -2.15. The van der Waals surface area contributed by atoms with E-state index in [0.29, 0.717) is 16.2 Å². The number of hydrogen-bond donors (Lipinski definition) is 2. The number of carbonyl (C=O) groups is 1. The number of aromatic amines is 1. The van der Waals surface area contributed by atoms with Gasteiger partial charge >= 0.3 is 0 Å². The molecule has 0 spiro atoms. The van der Waals surface area contributed by atoms with Crippen molar-refractivity contribution in [2.24, 2.45) is 0 Å². The zero-order valence-corrected chi connectivity index (χ0v) is 11.7. The number of carbonyl (C=O) groups excluding carboxylic acids is 1. The summed E-state index contributed by atoms with van der Waals surface area (Å²) < 4.78 is 0.698. The molecular formula is C12H13N3OS2. The number of H-pyrrole nitrogens is 1. The van der Waals surface area contributed by atoms with Gasteiger partial charge in [-0.15, -0.1) is 11.3 Å². The number of hydrogen-bond acceptors (Lipinski definition) is 4. The lowest BCUT2D eigenvalue weighted by atomic mass is 10.3. The predicted octanol–water partition coefficient (Wildman–Crippen LogP) is 3.00. The summed E-state index contributed by atoms with van der Waals surface area (Å²) in [4.78, 5) is 20.1. The first-order chi connectivity index (χ1) is 8.54. The van der Waals surface area contributed by atoms with Crippen LogP contribution in [0.15, 0.2) is 18.2 Å². The average molecular weight is 279 g/mol. The van der Waals surface area contributed by atoms with E-state index in [0.717, 1.165) is 16.3 Å². The largest absolute Gasteiger partial charge is 0.341 e. The lowest BCUT2D eigenvalue weighted by Gasteiger charge is -2.04. The molecule has 0 fully saturated rings. The van der Waals surface area contributed by atoms with Crippen LogP contribution in [0.4, 0.5) is 5.82 Å². The maximum Gasteiger partial charge on any atom is 0.230 e. The first-order valence-corrected chi connectivity index (χ1v) is 6.69. The van der Waals surface area contributed by atoms with Gasteiger partial charge in [0.05, 0.1) is 6.42 Å². The topological polar surface area (TPSA) is 57.8 Å². The molecule has 0 saturated carbocycles. The number of aromatic nitrogens is 2. The molecule has 2 aromatic rings. The highest BCUT2D eigenvalue weighted by Crippen LogP contribution is 2.15. The Labute approximate surface area is 114 Å². The maximum atomic E-state index is 11.9. The maximum absolute atomic E-state index is 11.9. The normalized spacial score (nSPS) is 10.3. The van der Waals surface area contributed by atoms with Crippen molar-refractivity contribution in [3.63, 3.8) is 0 Å². The van der Waals surface area contributed by atoms with Crippen LogP contribution in [0.1, 0.15) is 16.3 Å². The number of amides is 1. The van der Waals surface area contributed by atoms with Crippen LogP contribution in [-0.2, 0) is 11.2 Å². The van der Waals surface area contributed by atoms with Crippen molar-refractivity contribution in [1.82, 2.24) is 9.97 Å². The summed E-state index contributed by atoms with van der Waals surface area (Å²) in [6.07, 6.45) is 0.319. The number of aryl methyl sites for hydroxylation is 2. The van der Waals surface area contributed by atoms with E-state index in [9.17, 15) is 4.79 Å². The molecule has 0 atom stereocenters. The minimum Gasteiger partial charge on any atom is -0.341 e. The molecule has 2 heterocycles. The van der Waals surface area contributed by atoms with Crippen LogP contribution in [0.2, 0.25) is 0 Å². The molecule has 2 aromatic heterocycles. The molecule has 0 unspecified atom stereocenters. The molecule has 0 bridgehead atoms. The molecule has 0 aliphatic carbocycles. The van der Waals surface area contributed by atoms with Crippen molar-refractivity contribution in [3.8, 4) is 0 Å². The van der Waals surface area contributed by atoms with Crippen molar-refractivity contribution in [2.45, 2.75) is 20.3 Å². The summed E-state index contributed by atoms with van der Waals surface area (Å²) >= 11 is 6.47. The Bertz CT molecular complexity index is 630. The number of thiazole rings is 1. The van der Waals surface area contributed by atoms with Gasteiger partial charge in [0.25, 0.3) is 0 Å². The quantitative estimate of drug-likeness (QED) is 0.849. The Balaban J connectivity index is 2.05. The van der Waals surface area contributed by atoms with Gasteiger partial charge in [-0.25, -0.2) is 4.98 Å². The summed E-state index contributed by atoms with van der Waals surface area (Å²) in [7, 11) is 0. The van der Waals surface area contributed by atoms with Crippen LogP contribution < -0.4 is 5.32 Å². The van der Waals surface area contributed by atoms with Crippen molar-refractivity contribution in [2.75, 3.05) is 5.32 Å². The van der Waals surface area contributed by atoms with E-state index in [1.165, 1.54) is 11.3 Å². The highest BCUT2D eigenvalue weighted by molar-refractivity contribution is 7.73. The molecule has 0 radical (unpaired) electrons. The first kappa shape index (κ1) is 12.9. The van der Waals surface area contributed by atoms with Gasteiger partial charge in [-0.2, -0.15) is 0 Å². The van der Waals surface area contributed by atoms with Gasteiger partial charge in [0, 0.05) is 16.3 Å². The van der Waals surface area contributed by atoms with Crippen LogP contribution in [-0.4, -0.2) is 15.9 Å². The Hall–Kier alpha value is -1.53. The Kier molecular flexibility index (Phi) is 3.88. The van der Waals surface area contributed by atoms with Crippen molar-refractivity contribution < 1.29 is 4.79 Å². The molecule has 0 saturated heterocycles. The van der Waals surface area contributed by atoms with Crippen LogP contribution in [0.25, 0.3) is 0 Å². The fourth-order valence-electron chi connectivity index (χ4n) is 1.55. The van der Waals surface area contributed by atoms with E-state index >= 15 is 0 Å². The highest BCUT2D eigenvalue weighted by atomic mass is 32.1. The SMILES string of the molecule is Cc1cccc(NC(=O)Cc2sc(=S)[nH]c2C)n1. The van der Waals surface area contributed by atoms with Crippen LogP contribution in [0.3, 0.4) is 0 Å². The number of anilines is 1. The second-order valence-electron chi connectivity index (χ2n) is 3.95. The second kappa shape index (κ2) is 5.41. The molecule has 0 aliphatic rings. The highest BCUT2D eigenvalue weighted by Gasteiger charge is 2.09. The van der Waals surface area contributed by atoms with E-state index in [2.05, 4.69) is 15.3 Å². The monoisotopic (exact) mass is 279 g/mol. The molecule has 18 heavy (non-hydrogen) atoms. The number of nitrogens with one attached hydrogen (secondary N) is 2. The number of pyridine rings is 1. The van der Waals surface area contributed by atoms with Crippen molar-refractivity contribution >= 4 is 35.3 Å². The second-order valence-corrected chi connectivity index (χ2v) is 5.72. The minimum absolute atomic E-state index is 0.0820. The zero-order valence-electron chi connectivity index (χ0n) is 10.1. The fourth-order valence-corrected chi connectivity index (χ4v) is 2.84. The summed E-state index contributed by atoms with van der Waals surface area (Å²) in [5, 5.41) is 2.78. The van der Waals surface area contributed by atoms with Gasteiger partial charge < -0.3 is 10.3 Å². The predicted molar refractivity (Wildman–Crippen MR) is 75.5 cm³/mol. The molecule has 4 nitrogen and oxygen atoms in total. The van der Waals surface area contributed by atoms with Crippen molar-refractivity contribution in [1.29, 1.82) is 0 Å². The Morgan fingerprint density at radius 1 is 1.50 bits per heavy atom. The summed E-state index contributed by atoms with van der Waals surface area (Å²) in [6, 6.07) is 5.53. The van der Waals surface area contributed by atoms with Gasteiger partial charge in [0.15, 0.2) is 3.95 Å². The summed E-state index contributed by atoms with van der Waals surface area (Å²) in [5.74, 6) is 0.498. The van der Waals surface area contributed by atoms with Gasteiger partial charge in [-0.05, 0) is 38.2 Å². The molecule has 6 heteroatoms. The van der Waals surface area contributed by atoms with E-state index in [1.54, 1.807) is 6.07 Å². The third-order valence-electron chi connectivity index (χ3n) is 2.40. The third kappa shape index (κ3) is 3.24. The molecule has 1 amide bonds. The number of rotatable bonds is 3. The summed E-state index contributed by atoms with van der Waals surface area (Å²) in [5.41, 5.74) is 1.83. The number of nitrogens with zero attached hydrogens (tertiary/aromatic N) is 1. The van der Waals surface area contributed by atoms with Gasteiger partial charge in [0.2, 0.25) is 5.91 Å². The summed E-state index contributed by atoms with van der Waals surface area (Å²) in [6.45, 7) is 3.80. The molecule has 94 valence electrons. The van der Waals surface area contributed by atoms with Crippen LogP contribution >= 0.6 is 23.6 Å². The van der Waals surface area contributed by atoms with Gasteiger partial charge in [-0.1, -0.05) is 6.07 Å². The van der Waals surface area contributed by atoms with E-state index in [1.807, 2.05) is 26.0 Å². The van der Waals surface area contributed by atoms with Crippen LogP contribution in [0.5, 0.6) is 0 Å². The molecule has 2 rings (SSSR count). The molecule has 0 aromatic carbocycles. The fraction of sp³-hybridized carbons (Fsp3) is 0.250. The standard InChI is InChI=1S/C12H13N3OS2/c1-7-4-3-5-10(13-7)15-11(16)6-9-8(2)14-12(17)18-9/h3-5H,6H2,1-2H3,(H,14,17)(H,13,15,16). The van der Waals surface area contributed by atoms with E-state index in [-0.39, 0.29) is 5.91 Å². The molecule has 2 N–H and O–H groups in total. The minimum atomic E-state index is -0.0820. The first-order valence-electron chi connectivity index (χ1n) is 5.46. The smallest absolute Gasteiger partial charge is 0.230 e. The van der Waals surface area contributed by atoms with E-state index in [4.69, 9.17) is 12.2 Å². The lowest BCUT2D eigenvalue weighted by molar-refractivity contribution is -0.115. The van der Waals surface area contributed by atoms with Gasteiger partial charge in [-0.3, -0.25) is 4.79 Å². The third-order valence-corrected chi connectivity index (χ3v) is 3.74. The van der Waals surface area contributed by atoms with Crippen molar-refractivity contribution in [3.05, 3.63) is 38.4 Å². The van der Waals surface area contributed by atoms with E-state index < -0.39 is 0 Å². The Morgan fingerprint density at radius 2 is 2.28 bits per heavy atom. The van der Waals surface area contributed by atoms with Gasteiger partial charge in [0.1, 0.15) is 5.82 Å². The molecule has 0 aliphatic heterocycles. The average Bonchev–Trinajstić information content (AvgIpc) is 2.57. The zero-order chi connectivity index (χ0) is 13.1. The molecular weight excluding hydrogens is 266 g/mol. The van der Waals surface area contributed by atoms with Crippen LogP contribution in [0, 0.1) is 17.8 Å².